The van der Waals surface area contributed by atoms with E-state index in [0.29, 0.717) is 18.7 Å². The summed E-state index contributed by atoms with van der Waals surface area (Å²) < 4.78 is 18.7. The Morgan fingerprint density at radius 3 is 2.95 bits per heavy atom. The summed E-state index contributed by atoms with van der Waals surface area (Å²) in [4.78, 5) is 15.8. The summed E-state index contributed by atoms with van der Waals surface area (Å²) in [5, 5.41) is 2.42. The molecule has 2 aromatic rings. The van der Waals surface area contributed by atoms with Gasteiger partial charge < -0.3 is 15.8 Å². The van der Waals surface area contributed by atoms with Crippen LogP contribution in [0.2, 0.25) is 0 Å². The van der Waals surface area contributed by atoms with Gasteiger partial charge in [0.25, 0.3) is 0 Å². The first-order valence-corrected chi connectivity index (χ1v) is 6.47. The van der Waals surface area contributed by atoms with Gasteiger partial charge in [-0.25, -0.2) is 4.39 Å². The molecule has 0 bridgehead atoms. The smallest absolute Gasteiger partial charge is 0.250 e. The second-order valence-corrected chi connectivity index (χ2v) is 4.41. The van der Waals surface area contributed by atoms with Crippen molar-refractivity contribution in [3.63, 3.8) is 0 Å². The molecule has 0 radical (unpaired) electrons. The highest BCUT2D eigenvalue weighted by atomic mass is 19.1. The number of aromatic nitrogens is 1. The molecule has 21 heavy (non-hydrogen) atoms. The molecule has 1 amide bonds. The number of halogens is 1. The number of amides is 1. The van der Waals surface area contributed by atoms with Crippen LogP contribution < -0.4 is 11.1 Å². The molecule has 0 saturated carbocycles. The maximum absolute atomic E-state index is 13.4. The van der Waals surface area contributed by atoms with E-state index in [1.807, 2.05) is 18.2 Å². The van der Waals surface area contributed by atoms with Crippen LogP contribution in [0.3, 0.4) is 0 Å². The molecule has 1 heterocycles. The Labute approximate surface area is 121 Å². The molecule has 0 spiro atoms. The first-order valence-electron chi connectivity index (χ1n) is 6.47. The van der Waals surface area contributed by atoms with E-state index >= 15 is 0 Å². The zero-order valence-electron chi connectivity index (χ0n) is 11.4. The van der Waals surface area contributed by atoms with Gasteiger partial charge in [0.05, 0.1) is 12.3 Å². The highest BCUT2D eigenvalue weighted by Crippen LogP contribution is 2.17. The lowest BCUT2D eigenvalue weighted by atomic mass is 10.2. The Morgan fingerprint density at radius 2 is 2.19 bits per heavy atom. The van der Waals surface area contributed by atoms with Crippen LogP contribution in [0.15, 0.2) is 42.6 Å². The van der Waals surface area contributed by atoms with Gasteiger partial charge in [0.1, 0.15) is 12.4 Å². The molecule has 0 aliphatic rings. The topological polar surface area (TPSA) is 77.2 Å². The van der Waals surface area contributed by atoms with Gasteiger partial charge in [0.2, 0.25) is 5.91 Å². The fourth-order valence-electron chi connectivity index (χ4n) is 1.71. The van der Waals surface area contributed by atoms with Crippen LogP contribution in [0.4, 0.5) is 15.8 Å². The molecule has 0 unspecified atom stereocenters. The first-order chi connectivity index (χ1) is 10.1. The second-order valence-electron chi connectivity index (χ2n) is 4.41. The third-order valence-corrected chi connectivity index (χ3v) is 2.73. The van der Waals surface area contributed by atoms with Crippen LogP contribution in [-0.4, -0.2) is 24.1 Å². The van der Waals surface area contributed by atoms with E-state index in [4.69, 9.17) is 10.5 Å². The Hall–Kier alpha value is -2.47. The zero-order valence-corrected chi connectivity index (χ0v) is 11.4. The number of pyridine rings is 1. The molecule has 1 aromatic heterocycles. The zero-order chi connectivity index (χ0) is 15.1. The number of nitrogens with one attached hydrogen (secondary N) is 1. The minimum Gasteiger partial charge on any atom is -0.399 e. The molecule has 0 fully saturated rings. The Balaban J connectivity index is 1.74. The van der Waals surface area contributed by atoms with Crippen LogP contribution in [0.1, 0.15) is 5.69 Å². The SMILES string of the molecule is Nc1ccc(F)c(NC(=O)COCCc2ccccn2)c1. The monoisotopic (exact) mass is 289 g/mol. The number of hydrogen-bond acceptors (Lipinski definition) is 4. The maximum Gasteiger partial charge on any atom is 0.250 e. The Bertz CT molecular complexity index is 605. The third-order valence-electron chi connectivity index (χ3n) is 2.73. The lowest BCUT2D eigenvalue weighted by Gasteiger charge is -2.08. The van der Waals surface area contributed by atoms with Crippen molar-refractivity contribution < 1.29 is 13.9 Å². The quantitative estimate of drug-likeness (QED) is 0.630. The largest absolute Gasteiger partial charge is 0.399 e. The Kier molecular flexibility index (Phi) is 5.22. The number of nitrogens with two attached hydrogens (primary N) is 1. The molecule has 0 aliphatic heterocycles. The molecule has 5 nitrogen and oxygen atoms in total. The van der Waals surface area contributed by atoms with Crippen molar-refractivity contribution in [2.24, 2.45) is 0 Å². The minimum atomic E-state index is -0.536. The summed E-state index contributed by atoms with van der Waals surface area (Å²) in [6.45, 7) is 0.213. The summed E-state index contributed by atoms with van der Waals surface area (Å²) >= 11 is 0. The fourth-order valence-corrected chi connectivity index (χ4v) is 1.71. The number of carbonyl (C=O) groups excluding carboxylic acids is 1. The first kappa shape index (κ1) is 14.9. The average Bonchev–Trinajstić information content (AvgIpc) is 2.48. The van der Waals surface area contributed by atoms with Gasteiger partial charge in [-0.1, -0.05) is 6.07 Å². The number of benzene rings is 1. The lowest BCUT2D eigenvalue weighted by Crippen LogP contribution is -2.20. The van der Waals surface area contributed by atoms with Gasteiger partial charge in [-0.3, -0.25) is 9.78 Å². The van der Waals surface area contributed by atoms with E-state index in [1.54, 1.807) is 6.20 Å². The highest BCUT2D eigenvalue weighted by molar-refractivity contribution is 5.92. The standard InChI is InChI=1S/C15H16FN3O2/c16-13-5-4-11(17)9-14(13)19-15(20)10-21-8-6-12-3-1-2-7-18-12/h1-5,7,9H,6,8,10,17H2,(H,19,20). The van der Waals surface area contributed by atoms with Crippen molar-refractivity contribution in [1.82, 2.24) is 4.98 Å². The summed E-state index contributed by atoms with van der Waals surface area (Å²) in [7, 11) is 0. The summed E-state index contributed by atoms with van der Waals surface area (Å²) in [5.74, 6) is -0.966. The molecule has 2 rings (SSSR count). The van der Waals surface area contributed by atoms with Crippen molar-refractivity contribution in [2.45, 2.75) is 6.42 Å². The van der Waals surface area contributed by atoms with Gasteiger partial charge in [0, 0.05) is 24.0 Å². The van der Waals surface area contributed by atoms with Crippen molar-refractivity contribution in [1.29, 1.82) is 0 Å². The molecule has 0 aliphatic carbocycles. The van der Waals surface area contributed by atoms with E-state index in [2.05, 4.69) is 10.3 Å². The second kappa shape index (κ2) is 7.35. The average molecular weight is 289 g/mol. The number of nitrogens with zero attached hydrogens (tertiary/aromatic N) is 1. The summed E-state index contributed by atoms with van der Waals surface area (Å²) in [6, 6.07) is 9.59. The third kappa shape index (κ3) is 4.85. The normalized spacial score (nSPS) is 10.3. The highest BCUT2D eigenvalue weighted by Gasteiger charge is 2.07. The van der Waals surface area contributed by atoms with Gasteiger partial charge in [-0.2, -0.15) is 0 Å². The molecule has 3 N–H and O–H groups in total. The van der Waals surface area contributed by atoms with Gasteiger partial charge in [0.15, 0.2) is 0 Å². The van der Waals surface area contributed by atoms with Crippen molar-refractivity contribution in [3.05, 3.63) is 54.1 Å². The lowest BCUT2D eigenvalue weighted by molar-refractivity contribution is -0.120. The van der Waals surface area contributed by atoms with Crippen molar-refractivity contribution in [2.75, 3.05) is 24.3 Å². The molecule has 110 valence electrons. The van der Waals surface area contributed by atoms with E-state index in [-0.39, 0.29) is 12.3 Å². The van der Waals surface area contributed by atoms with Crippen molar-refractivity contribution >= 4 is 17.3 Å². The predicted octanol–water partition coefficient (Wildman–Crippen LogP) is 2.00. The molecular formula is C15H16FN3O2. The van der Waals surface area contributed by atoms with Gasteiger partial charge in [-0.05, 0) is 30.3 Å². The summed E-state index contributed by atoms with van der Waals surface area (Å²) in [6.07, 6.45) is 2.31. The molecule has 1 aromatic carbocycles. The number of hydrogen-bond donors (Lipinski definition) is 2. The maximum atomic E-state index is 13.4. The minimum absolute atomic E-state index is 0.0494. The number of rotatable bonds is 6. The van der Waals surface area contributed by atoms with Crippen LogP contribution in [-0.2, 0) is 16.0 Å². The number of ether oxygens (including phenoxy) is 1. The van der Waals surface area contributed by atoms with Gasteiger partial charge >= 0.3 is 0 Å². The van der Waals surface area contributed by atoms with E-state index in [9.17, 15) is 9.18 Å². The number of anilines is 2. The van der Waals surface area contributed by atoms with Crippen LogP contribution in [0, 0.1) is 5.82 Å². The number of carbonyl (C=O) groups is 1. The molecule has 0 saturated heterocycles. The van der Waals surface area contributed by atoms with E-state index in [1.165, 1.54) is 18.2 Å². The Morgan fingerprint density at radius 1 is 1.33 bits per heavy atom. The van der Waals surface area contributed by atoms with E-state index < -0.39 is 11.7 Å². The molecule has 6 heteroatoms. The predicted molar refractivity (Wildman–Crippen MR) is 78.2 cm³/mol. The van der Waals surface area contributed by atoms with Crippen LogP contribution in [0.25, 0.3) is 0 Å². The number of nitrogen functional groups attached to an aromatic ring is 1. The summed E-state index contributed by atoms with van der Waals surface area (Å²) in [5.41, 5.74) is 6.85. The molecule has 0 atom stereocenters. The fraction of sp³-hybridized carbons (Fsp3) is 0.200. The van der Waals surface area contributed by atoms with E-state index in [0.717, 1.165) is 5.69 Å². The van der Waals surface area contributed by atoms with Crippen LogP contribution >= 0.6 is 0 Å². The van der Waals surface area contributed by atoms with Crippen molar-refractivity contribution in [3.8, 4) is 0 Å². The molecular weight excluding hydrogens is 273 g/mol. The van der Waals surface area contributed by atoms with Gasteiger partial charge in [-0.15, -0.1) is 0 Å². The van der Waals surface area contributed by atoms with Crippen LogP contribution in [0.5, 0.6) is 0 Å².